The van der Waals surface area contributed by atoms with Crippen LogP contribution in [-0.2, 0) is 11.0 Å². The molecule has 29 heavy (non-hydrogen) atoms. The number of aromatic amines is 1. The molecule has 1 aromatic heterocycles. The molecule has 0 spiro atoms. The highest BCUT2D eigenvalue weighted by atomic mass is 19.4. The zero-order valence-corrected chi connectivity index (χ0v) is 15.7. The van der Waals surface area contributed by atoms with Crippen LogP contribution in [0.5, 0.6) is 11.5 Å². The number of hydrogen-bond donors (Lipinski definition) is 2. The molecule has 11 heteroatoms. The van der Waals surface area contributed by atoms with Crippen LogP contribution in [0.15, 0.2) is 29.1 Å². The molecule has 156 valence electrons. The van der Waals surface area contributed by atoms with Crippen molar-refractivity contribution in [3.8, 4) is 11.5 Å². The summed E-state index contributed by atoms with van der Waals surface area (Å²) < 4.78 is 49.3. The van der Waals surface area contributed by atoms with Crippen LogP contribution in [0.25, 0.3) is 0 Å². The smallest absolute Gasteiger partial charge is 0.433 e. The summed E-state index contributed by atoms with van der Waals surface area (Å²) in [5.41, 5.74) is -1.86. The number of hydrogen-bond acceptors (Lipinski definition) is 6. The fourth-order valence-electron chi connectivity index (χ4n) is 3.14. The molecular formula is C18H19F3N4O4. The number of amides is 1. The highest BCUT2D eigenvalue weighted by molar-refractivity contribution is 5.98. The molecule has 1 atom stereocenters. The van der Waals surface area contributed by atoms with Crippen molar-refractivity contribution < 1.29 is 27.4 Å². The van der Waals surface area contributed by atoms with Crippen LogP contribution in [0, 0.1) is 0 Å². The van der Waals surface area contributed by atoms with Crippen LogP contribution in [-0.4, -0.2) is 42.7 Å². The first-order valence-electron chi connectivity index (χ1n) is 8.71. The Hall–Kier alpha value is -3.24. The lowest BCUT2D eigenvalue weighted by Crippen LogP contribution is -2.41. The van der Waals surface area contributed by atoms with E-state index in [9.17, 15) is 22.8 Å². The molecule has 0 saturated carbocycles. The van der Waals surface area contributed by atoms with Crippen LogP contribution in [0.1, 0.15) is 18.5 Å². The molecule has 1 saturated heterocycles. The summed E-state index contributed by atoms with van der Waals surface area (Å²) in [6.45, 7) is 0.280. The van der Waals surface area contributed by atoms with Crippen molar-refractivity contribution in [3.63, 3.8) is 0 Å². The predicted molar refractivity (Wildman–Crippen MR) is 98.4 cm³/mol. The van der Waals surface area contributed by atoms with Crippen LogP contribution in [0.4, 0.5) is 24.8 Å². The molecule has 1 amide bonds. The molecule has 1 aliphatic heterocycles. The molecule has 2 N–H and O–H groups in total. The number of rotatable bonds is 5. The number of halogens is 3. The van der Waals surface area contributed by atoms with Gasteiger partial charge in [-0.2, -0.15) is 13.2 Å². The lowest BCUT2D eigenvalue weighted by atomic mass is 10.2. The largest absolute Gasteiger partial charge is 0.497 e. The molecule has 2 heterocycles. The third kappa shape index (κ3) is 4.44. The van der Waals surface area contributed by atoms with E-state index in [1.165, 1.54) is 19.1 Å². The number of anilines is 2. The molecule has 0 bridgehead atoms. The zero-order valence-electron chi connectivity index (χ0n) is 15.7. The average molecular weight is 412 g/mol. The van der Waals surface area contributed by atoms with E-state index in [0.717, 1.165) is 0 Å². The van der Waals surface area contributed by atoms with E-state index < -0.39 is 29.4 Å². The summed E-state index contributed by atoms with van der Waals surface area (Å²) >= 11 is 0. The van der Waals surface area contributed by atoms with Gasteiger partial charge in [0.15, 0.2) is 5.69 Å². The van der Waals surface area contributed by atoms with Crippen molar-refractivity contribution in [1.82, 2.24) is 9.97 Å². The van der Waals surface area contributed by atoms with Gasteiger partial charge in [-0.1, -0.05) is 0 Å². The van der Waals surface area contributed by atoms with Crippen LogP contribution in [0.3, 0.4) is 0 Å². The molecule has 3 rings (SSSR count). The van der Waals surface area contributed by atoms with Crippen LogP contribution in [0.2, 0.25) is 0 Å². The van der Waals surface area contributed by atoms with Gasteiger partial charge < -0.3 is 19.7 Å². The number of ether oxygens (including phenoxy) is 2. The first kappa shape index (κ1) is 20.5. The second kappa shape index (κ2) is 8.02. The number of methoxy groups -OCH3 is 2. The highest BCUT2D eigenvalue weighted by Gasteiger charge is 2.37. The van der Waals surface area contributed by atoms with Crippen molar-refractivity contribution in [1.29, 1.82) is 0 Å². The minimum absolute atomic E-state index is 0.280. The monoisotopic (exact) mass is 412 g/mol. The van der Waals surface area contributed by atoms with Gasteiger partial charge in [0, 0.05) is 18.7 Å². The van der Waals surface area contributed by atoms with E-state index in [4.69, 9.17) is 9.47 Å². The molecule has 8 nitrogen and oxygen atoms in total. The number of alkyl halides is 3. The van der Waals surface area contributed by atoms with Crippen molar-refractivity contribution >= 4 is 17.5 Å². The number of benzene rings is 1. The molecule has 1 fully saturated rings. The Morgan fingerprint density at radius 1 is 1.28 bits per heavy atom. The van der Waals surface area contributed by atoms with E-state index in [-0.39, 0.29) is 12.5 Å². The number of nitrogens with zero attached hydrogens (tertiary/aromatic N) is 2. The Morgan fingerprint density at radius 2 is 2.03 bits per heavy atom. The summed E-state index contributed by atoms with van der Waals surface area (Å²) in [5, 5.41) is 2.71. The Labute approximate surface area is 163 Å². The molecule has 1 aliphatic rings. The van der Waals surface area contributed by atoms with Crippen molar-refractivity contribution in [2.45, 2.75) is 25.1 Å². The fraction of sp³-hybridized carbons (Fsp3) is 0.389. The summed E-state index contributed by atoms with van der Waals surface area (Å²) in [6, 6.07) is 4.41. The standard InChI is InChI=1S/C18H19F3N4O4/c1-28-10-5-6-11(13(8-10)29-2)22-16(27)12-4-3-7-25(12)17-23-14(18(19,20)21)9-15(26)24-17/h5-6,8-9,12H,3-4,7H2,1-2H3,(H,22,27)(H,23,24,26). The Kier molecular flexibility index (Phi) is 5.66. The van der Waals surface area contributed by atoms with Gasteiger partial charge in [-0.25, -0.2) is 4.98 Å². The van der Waals surface area contributed by atoms with Gasteiger partial charge in [0.05, 0.1) is 19.9 Å². The first-order valence-corrected chi connectivity index (χ1v) is 8.71. The number of carbonyl (C=O) groups is 1. The Bertz CT molecular complexity index is 961. The average Bonchev–Trinajstić information content (AvgIpc) is 3.17. The second-order valence-corrected chi connectivity index (χ2v) is 6.36. The quantitative estimate of drug-likeness (QED) is 0.783. The molecule has 0 aliphatic carbocycles. The molecule has 2 aromatic rings. The lowest BCUT2D eigenvalue weighted by Gasteiger charge is -2.25. The van der Waals surface area contributed by atoms with Gasteiger partial charge >= 0.3 is 6.18 Å². The minimum Gasteiger partial charge on any atom is -0.497 e. The highest BCUT2D eigenvalue weighted by Crippen LogP contribution is 2.31. The Morgan fingerprint density at radius 3 is 2.69 bits per heavy atom. The second-order valence-electron chi connectivity index (χ2n) is 6.36. The summed E-state index contributed by atoms with van der Waals surface area (Å²) in [4.78, 5) is 31.6. The third-order valence-electron chi connectivity index (χ3n) is 4.51. The summed E-state index contributed by atoms with van der Waals surface area (Å²) in [6.07, 6.45) is -3.82. The SMILES string of the molecule is COc1ccc(NC(=O)C2CCCN2c2nc(C(F)(F)F)cc(=O)[nH]2)c(OC)c1. The summed E-state index contributed by atoms with van der Waals surface area (Å²) in [7, 11) is 2.93. The minimum atomic E-state index is -4.77. The van der Waals surface area contributed by atoms with Crippen molar-refractivity contribution in [3.05, 3.63) is 40.3 Å². The maximum Gasteiger partial charge on any atom is 0.433 e. The number of carbonyl (C=O) groups excluding carboxylic acids is 1. The topological polar surface area (TPSA) is 96.5 Å². The normalized spacial score (nSPS) is 16.6. The molecular weight excluding hydrogens is 393 g/mol. The predicted octanol–water partition coefficient (Wildman–Crippen LogP) is 2.41. The number of aromatic nitrogens is 2. The van der Waals surface area contributed by atoms with E-state index in [1.807, 2.05) is 0 Å². The van der Waals surface area contributed by atoms with Crippen LogP contribution >= 0.6 is 0 Å². The van der Waals surface area contributed by atoms with E-state index in [2.05, 4.69) is 15.3 Å². The zero-order chi connectivity index (χ0) is 21.2. The van der Waals surface area contributed by atoms with Gasteiger partial charge in [0.2, 0.25) is 11.9 Å². The molecule has 1 aromatic carbocycles. The van der Waals surface area contributed by atoms with Gasteiger partial charge in [0.25, 0.3) is 5.56 Å². The maximum atomic E-state index is 13.0. The fourth-order valence-corrected chi connectivity index (χ4v) is 3.14. The lowest BCUT2D eigenvalue weighted by molar-refractivity contribution is -0.141. The third-order valence-corrected chi connectivity index (χ3v) is 4.51. The van der Waals surface area contributed by atoms with Gasteiger partial charge in [-0.15, -0.1) is 0 Å². The van der Waals surface area contributed by atoms with E-state index >= 15 is 0 Å². The number of nitrogens with one attached hydrogen (secondary N) is 2. The molecule has 1 unspecified atom stereocenters. The first-order chi connectivity index (χ1) is 13.7. The number of H-pyrrole nitrogens is 1. The van der Waals surface area contributed by atoms with Crippen LogP contribution < -0.4 is 25.2 Å². The van der Waals surface area contributed by atoms with Gasteiger partial charge in [0.1, 0.15) is 17.5 Å². The van der Waals surface area contributed by atoms with E-state index in [1.54, 1.807) is 18.2 Å². The summed E-state index contributed by atoms with van der Waals surface area (Å²) in [5.74, 6) is 0.163. The van der Waals surface area contributed by atoms with E-state index in [0.29, 0.717) is 36.1 Å². The maximum absolute atomic E-state index is 13.0. The van der Waals surface area contributed by atoms with Crippen molar-refractivity contribution in [2.24, 2.45) is 0 Å². The van der Waals surface area contributed by atoms with Gasteiger partial charge in [-0.3, -0.25) is 14.6 Å². The van der Waals surface area contributed by atoms with Crippen molar-refractivity contribution in [2.75, 3.05) is 31.0 Å². The Balaban J connectivity index is 1.85. The van der Waals surface area contributed by atoms with Gasteiger partial charge in [-0.05, 0) is 25.0 Å². The molecule has 0 radical (unpaired) electrons.